The molecule has 0 atom stereocenters. The summed E-state index contributed by atoms with van der Waals surface area (Å²) in [6, 6.07) is 9.09. The number of nitro groups is 1. The fourth-order valence-electron chi connectivity index (χ4n) is 3.30. The summed E-state index contributed by atoms with van der Waals surface area (Å²) in [7, 11) is 0. The lowest BCUT2D eigenvalue weighted by atomic mass is 10.1. The van der Waals surface area contributed by atoms with E-state index in [1.807, 2.05) is 4.90 Å². The molecular weight excluding hydrogens is 384 g/mol. The molecule has 2 aromatic carbocycles. The number of amides is 1. The summed E-state index contributed by atoms with van der Waals surface area (Å²) in [5, 5.41) is 11.0. The Labute approximate surface area is 165 Å². The fourth-order valence-corrected chi connectivity index (χ4v) is 3.30. The van der Waals surface area contributed by atoms with Crippen molar-refractivity contribution >= 4 is 17.4 Å². The van der Waals surface area contributed by atoms with E-state index in [1.54, 1.807) is 6.07 Å². The van der Waals surface area contributed by atoms with Gasteiger partial charge in [-0.25, -0.2) is 8.78 Å². The van der Waals surface area contributed by atoms with E-state index < -0.39 is 28.0 Å². The number of nitro benzene ring substituents is 1. The van der Waals surface area contributed by atoms with Crippen molar-refractivity contribution in [2.75, 3.05) is 32.7 Å². The van der Waals surface area contributed by atoms with Crippen LogP contribution in [0.15, 0.2) is 42.5 Å². The summed E-state index contributed by atoms with van der Waals surface area (Å²) in [5.41, 5.74) is -0.714. The van der Waals surface area contributed by atoms with Crippen molar-refractivity contribution in [3.63, 3.8) is 0 Å². The van der Waals surface area contributed by atoms with Gasteiger partial charge in [0.15, 0.2) is 5.78 Å². The average molecular weight is 403 g/mol. The van der Waals surface area contributed by atoms with Crippen molar-refractivity contribution < 1.29 is 23.3 Å². The Morgan fingerprint density at radius 1 is 0.966 bits per heavy atom. The molecule has 0 N–H and O–H groups in total. The lowest BCUT2D eigenvalue weighted by Crippen LogP contribution is -2.49. The quantitative estimate of drug-likeness (QED) is 0.421. The maximum atomic E-state index is 13.8. The summed E-state index contributed by atoms with van der Waals surface area (Å²) in [6.07, 6.45) is 0.0980. The van der Waals surface area contributed by atoms with Crippen LogP contribution >= 0.6 is 0 Å². The van der Waals surface area contributed by atoms with Crippen LogP contribution in [0.3, 0.4) is 0 Å². The van der Waals surface area contributed by atoms with E-state index in [0.29, 0.717) is 19.6 Å². The molecular formula is C20H19F2N3O4. The predicted octanol–water partition coefficient (Wildman–Crippen LogP) is 2.90. The molecule has 0 spiro atoms. The number of rotatable bonds is 6. The largest absolute Gasteiger partial charge is 0.336 e. The standard InChI is InChI=1S/C20H19F2N3O4/c21-15-5-3-6-16(22)19(15)20(27)24-12-10-23(11-13-24)9-8-18(26)14-4-1-2-7-17(14)25(28)29/h1-7H,8-13H2. The van der Waals surface area contributed by atoms with Crippen LogP contribution in [0.4, 0.5) is 14.5 Å². The molecule has 29 heavy (non-hydrogen) atoms. The van der Waals surface area contributed by atoms with E-state index in [2.05, 4.69) is 0 Å². The number of benzene rings is 2. The summed E-state index contributed by atoms with van der Waals surface area (Å²) in [5.74, 6) is -2.82. The fraction of sp³-hybridized carbons (Fsp3) is 0.300. The van der Waals surface area contributed by atoms with Crippen molar-refractivity contribution in [3.8, 4) is 0 Å². The van der Waals surface area contributed by atoms with Crippen LogP contribution in [0.5, 0.6) is 0 Å². The van der Waals surface area contributed by atoms with Gasteiger partial charge in [-0.15, -0.1) is 0 Å². The molecule has 1 amide bonds. The van der Waals surface area contributed by atoms with Crippen LogP contribution in [-0.4, -0.2) is 59.1 Å². The topological polar surface area (TPSA) is 83.8 Å². The number of carbonyl (C=O) groups is 2. The van der Waals surface area contributed by atoms with Crippen molar-refractivity contribution in [3.05, 3.63) is 75.3 Å². The summed E-state index contributed by atoms with van der Waals surface area (Å²) < 4.78 is 27.6. The van der Waals surface area contributed by atoms with Crippen LogP contribution in [0.1, 0.15) is 27.1 Å². The zero-order valence-corrected chi connectivity index (χ0v) is 15.5. The molecule has 1 heterocycles. The summed E-state index contributed by atoms with van der Waals surface area (Å²) >= 11 is 0. The molecule has 152 valence electrons. The number of hydrogen-bond acceptors (Lipinski definition) is 5. The number of hydrogen-bond donors (Lipinski definition) is 0. The molecule has 0 bridgehead atoms. The first kappa shape index (κ1) is 20.5. The molecule has 1 fully saturated rings. The molecule has 1 saturated heterocycles. The third kappa shape index (κ3) is 4.62. The molecule has 0 unspecified atom stereocenters. The second kappa shape index (κ2) is 8.87. The Morgan fingerprint density at radius 2 is 1.59 bits per heavy atom. The molecule has 7 nitrogen and oxygen atoms in total. The Bertz CT molecular complexity index is 923. The highest BCUT2D eigenvalue weighted by Crippen LogP contribution is 2.20. The van der Waals surface area contributed by atoms with Crippen molar-refractivity contribution in [1.29, 1.82) is 0 Å². The molecule has 0 aromatic heterocycles. The first-order valence-corrected chi connectivity index (χ1v) is 9.10. The zero-order chi connectivity index (χ0) is 21.0. The monoisotopic (exact) mass is 403 g/mol. The van der Waals surface area contributed by atoms with E-state index in [0.717, 1.165) is 12.1 Å². The van der Waals surface area contributed by atoms with E-state index >= 15 is 0 Å². The second-order valence-electron chi connectivity index (χ2n) is 6.68. The number of carbonyl (C=O) groups excluding carboxylic acids is 2. The Hall–Kier alpha value is -3.20. The van der Waals surface area contributed by atoms with Crippen LogP contribution in [0.2, 0.25) is 0 Å². The lowest BCUT2D eigenvalue weighted by molar-refractivity contribution is -0.385. The van der Waals surface area contributed by atoms with E-state index in [-0.39, 0.29) is 36.5 Å². The second-order valence-corrected chi connectivity index (χ2v) is 6.68. The van der Waals surface area contributed by atoms with Gasteiger partial charge in [0.1, 0.15) is 17.2 Å². The van der Waals surface area contributed by atoms with Crippen LogP contribution in [-0.2, 0) is 0 Å². The number of Topliss-reactive ketones (excluding diaryl/α,β-unsaturated/α-hetero) is 1. The van der Waals surface area contributed by atoms with Gasteiger partial charge in [-0.05, 0) is 18.2 Å². The number of halogens is 2. The Kier molecular flexibility index (Phi) is 6.28. The van der Waals surface area contributed by atoms with Gasteiger partial charge >= 0.3 is 0 Å². The SMILES string of the molecule is O=C(CCN1CCN(C(=O)c2c(F)cccc2F)CC1)c1ccccc1[N+](=O)[O-]. The Morgan fingerprint density at radius 3 is 2.21 bits per heavy atom. The van der Waals surface area contributed by atoms with Crippen molar-refractivity contribution in [2.45, 2.75) is 6.42 Å². The molecule has 3 rings (SSSR count). The van der Waals surface area contributed by atoms with Crippen molar-refractivity contribution in [2.24, 2.45) is 0 Å². The number of piperazine rings is 1. The van der Waals surface area contributed by atoms with Gasteiger partial charge in [-0.3, -0.25) is 24.6 Å². The minimum Gasteiger partial charge on any atom is -0.336 e. The molecule has 9 heteroatoms. The highest BCUT2D eigenvalue weighted by atomic mass is 19.1. The number of para-hydroxylation sites is 1. The third-order valence-electron chi connectivity index (χ3n) is 4.89. The van der Waals surface area contributed by atoms with Gasteiger partial charge in [0.25, 0.3) is 11.6 Å². The highest BCUT2D eigenvalue weighted by molar-refractivity contribution is 5.99. The smallest absolute Gasteiger partial charge is 0.280 e. The van der Waals surface area contributed by atoms with Gasteiger partial charge in [-0.1, -0.05) is 18.2 Å². The molecule has 2 aromatic rings. The van der Waals surface area contributed by atoms with Crippen molar-refractivity contribution in [1.82, 2.24) is 9.80 Å². The number of nitrogens with zero attached hydrogens (tertiary/aromatic N) is 3. The maximum Gasteiger partial charge on any atom is 0.280 e. The maximum absolute atomic E-state index is 13.8. The lowest BCUT2D eigenvalue weighted by Gasteiger charge is -2.34. The number of ketones is 1. The Balaban J connectivity index is 1.55. The average Bonchev–Trinajstić information content (AvgIpc) is 2.72. The minimum absolute atomic E-state index is 0.0707. The summed E-state index contributed by atoms with van der Waals surface area (Å²) in [6.45, 7) is 1.79. The van der Waals surface area contributed by atoms with E-state index in [4.69, 9.17) is 0 Å². The third-order valence-corrected chi connectivity index (χ3v) is 4.89. The molecule has 1 aliphatic heterocycles. The zero-order valence-electron chi connectivity index (χ0n) is 15.5. The van der Waals surface area contributed by atoms with Crippen LogP contribution in [0, 0.1) is 21.7 Å². The van der Waals surface area contributed by atoms with Crippen LogP contribution in [0.25, 0.3) is 0 Å². The van der Waals surface area contributed by atoms with Gasteiger partial charge in [0.2, 0.25) is 0 Å². The molecule has 0 radical (unpaired) electrons. The van der Waals surface area contributed by atoms with Gasteiger partial charge < -0.3 is 4.90 Å². The summed E-state index contributed by atoms with van der Waals surface area (Å²) in [4.78, 5) is 38.6. The van der Waals surface area contributed by atoms with E-state index in [1.165, 1.54) is 29.2 Å². The normalized spacial score (nSPS) is 14.6. The van der Waals surface area contributed by atoms with Gasteiger partial charge in [-0.2, -0.15) is 0 Å². The minimum atomic E-state index is -0.896. The first-order valence-electron chi connectivity index (χ1n) is 9.10. The highest BCUT2D eigenvalue weighted by Gasteiger charge is 2.27. The van der Waals surface area contributed by atoms with Gasteiger partial charge in [0.05, 0.1) is 10.5 Å². The molecule has 0 aliphatic carbocycles. The van der Waals surface area contributed by atoms with Gasteiger partial charge in [0, 0.05) is 45.2 Å². The first-order chi connectivity index (χ1) is 13.9. The predicted molar refractivity (Wildman–Crippen MR) is 101 cm³/mol. The van der Waals surface area contributed by atoms with E-state index in [9.17, 15) is 28.5 Å². The molecule has 0 saturated carbocycles. The van der Waals surface area contributed by atoms with Crippen LogP contribution < -0.4 is 0 Å². The molecule has 1 aliphatic rings.